The van der Waals surface area contributed by atoms with Crippen LogP contribution in [0, 0.1) is 0 Å². The van der Waals surface area contributed by atoms with Crippen molar-refractivity contribution in [3.8, 4) is 0 Å². The number of rotatable bonds is 0. The van der Waals surface area contributed by atoms with Gasteiger partial charge in [-0.05, 0) is 21.9 Å². The zero-order valence-electron chi connectivity index (χ0n) is 8.29. The Bertz CT molecular complexity index is 545. The predicted molar refractivity (Wildman–Crippen MR) is 61.9 cm³/mol. The van der Waals surface area contributed by atoms with E-state index >= 15 is 0 Å². The number of hydrogen-bond donors (Lipinski definition) is 0. The fourth-order valence-electron chi connectivity index (χ4n) is 2.25. The molecule has 0 spiro atoms. The van der Waals surface area contributed by atoms with Crippen molar-refractivity contribution in [2.75, 3.05) is 0 Å². The number of ketones is 1. The number of carbonyl (C=O) groups is 1. The molecule has 0 aliphatic heterocycles. The normalized spacial score (nSPS) is 14.7. The molecule has 0 bridgehead atoms. The van der Waals surface area contributed by atoms with E-state index in [1.54, 1.807) is 0 Å². The summed E-state index contributed by atoms with van der Waals surface area (Å²) in [4.78, 5) is 11.8. The molecule has 1 aliphatic rings. The van der Waals surface area contributed by atoms with Crippen LogP contribution >= 0.6 is 0 Å². The minimum atomic E-state index is 0.185. The Labute approximate surface area is 88.0 Å². The van der Waals surface area contributed by atoms with Crippen molar-refractivity contribution >= 4 is 22.1 Å². The Morgan fingerprint density at radius 3 is 2.40 bits per heavy atom. The summed E-state index contributed by atoms with van der Waals surface area (Å²) in [6.45, 7) is 3.97. The van der Waals surface area contributed by atoms with Gasteiger partial charge in [0.2, 0.25) is 0 Å². The summed E-state index contributed by atoms with van der Waals surface area (Å²) in [5.41, 5.74) is 2.91. The highest BCUT2D eigenvalue weighted by Gasteiger charge is 2.20. The van der Waals surface area contributed by atoms with E-state index in [4.69, 9.17) is 0 Å². The second-order valence-electron chi connectivity index (χ2n) is 3.91. The molecule has 2 aromatic rings. The molecule has 0 saturated carbocycles. The fraction of sp³-hybridized carbons (Fsp3) is 0.0714. The van der Waals surface area contributed by atoms with Crippen LogP contribution in [0.3, 0.4) is 0 Å². The number of carbonyl (C=O) groups excluding carboxylic acids is 1. The first-order valence-corrected chi connectivity index (χ1v) is 5.00. The van der Waals surface area contributed by atoms with Gasteiger partial charge in [-0.3, -0.25) is 4.79 Å². The van der Waals surface area contributed by atoms with E-state index in [2.05, 4.69) is 6.58 Å². The van der Waals surface area contributed by atoms with Gasteiger partial charge in [-0.25, -0.2) is 0 Å². The Hall–Kier alpha value is -1.89. The van der Waals surface area contributed by atoms with Crippen molar-refractivity contribution in [1.29, 1.82) is 0 Å². The molecule has 1 aliphatic carbocycles. The molecule has 2 aromatic carbocycles. The lowest BCUT2D eigenvalue weighted by Gasteiger charge is -2.17. The lowest BCUT2D eigenvalue weighted by atomic mass is 9.85. The van der Waals surface area contributed by atoms with Crippen LogP contribution in [0.5, 0.6) is 0 Å². The van der Waals surface area contributed by atoms with E-state index in [1.165, 1.54) is 0 Å². The van der Waals surface area contributed by atoms with E-state index in [1.807, 2.05) is 36.4 Å². The maximum Gasteiger partial charge on any atom is 0.167 e. The van der Waals surface area contributed by atoms with Gasteiger partial charge in [-0.2, -0.15) is 0 Å². The Morgan fingerprint density at radius 2 is 1.67 bits per heavy atom. The molecule has 72 valence electrons. The van der Waals surface area contributed by atoms with Crippen LogP contribution in [0.1, 0.15) is 22.3 Å². The second-order valence-corrected chi connectivity index (χ2v) is 3.91. The van der Waals surface area contributed by atoms with Crippen LogP contribution in [-0.4, -0.2) is 5.78 Å². The van der Waals surface area contributed by atoms with Crippen LogP contribution in [0.2, 0.25) is 0 Å². The van der Waals surface area contributed by atoms with E-state index < -0.39 is 0 Å². The van der Waals surface area contributed by atoms with Crippen molar-refractivity contribution in [3.63, 3.8) is 0 Å². The molecule has 0 N–H and O–H groups in total. The standard InChI is InChI=1S/C14H10O/c1-9-8-13(15)12-7-3-5-10-4-2-6-11(9)14(10)12/h2-7H,1,8H2. The molecular formula is C14H10O. The molecule has 15 heavy (non-hydrogen) atoms. The highest BCUT2D eigenvalue weighted by Crippen LogP contribution is 2.34. The quantitative estimate of drug-likeness (QED) is 0.627. The van der Waals surface area contributed by atoms with Gasteiger partial charge in [-0.15, -0.1) is 0 Å². The molecule has 1 heteroatoms. The zero-order valence-corrected chi connectivity index (χ0v) is 8.29. The first-order chi connectivity index (χ1) is 7.27. The van der Waals surface area contributed by atoms with E-state index in [0.717, 1.165) is 27.5 Å². The average molecular weight is 194 g/mol. The summed E-state index contributed by atoms with van der Waals surface area (Å²) < 4.78 is 0. The van der Waals surface area contributed by atoms with Crippen molar-refractivity contribution in [3.05, 3.63) is 54.1 Å². The number of benzene rings is 2. The van der Waals surface area contributed by atoms with Crippen LogP contribution in [-0.2, 0) is 0 Å². The number of allylic oxidation sites excluding steroid dienone is 1. The highest BCUT2D eigenvalue weighted by molar-refractivity contribution is 6.18. The maximum absolute atomic E-state index is 11.8. The topological polar surface area (TPSA) is 17.1 Å². The molecular weight excluding hydrogens is 184 g/mol. The van der Waals surface area contributed by atoms with E-state index in [0.29, 0.717) is 6.42 Å². The molecule has 0 radical (unpaired) electrons. The van der Waals surface area contributed by atoms with Gasteiger partial charge in [0.25, 0.3) is 0 Å². The molecule has 0 amide bonds. The molecule has 0 aromatic heterocycles. The molecule has 3 rings (SSSR count). The lowest BCUT2D eigenvalue weighted by molar-refractivity contribution is 0.0998. The van der Waals surface area contributed by atoms with Crippen molar-refractivity contribution in [2.24, 2.45) is 0 Å². The smallest absolute Gasteiger partial charge is 0.167 e. The SMILES string of the molecule is C=C1CC(=O)c2cccc3cccc1c23. The summed E-state index contributed by atoms with van der Waals surface area (Å²) >= 11 is 0. The van der Waals surface area contributed by atoms with Crippen molar-refractivity contribution in [2.45, 2.75) is 6.42 Å². The van der Waals surface area contributed by atoms with Crippen LogP contribution in [0.4, 0.5) is 0 Å². The molecule has 1 nitrogen and oxygen atoms in total. The van der Waals surface area contributed by atoms with E-state index in [-0.39, 0.29) is 5.78 Å². The molecule has 0 heterocycles. The van der Waals surface area contributed by atoms with Gasteiger partial charge in [-0.1, -0.05) is 43.0 Å². The average Bonchev–Trinajstić information content (AvgIpc) is 2.25. The highest BCUT2D eigenvalue weighted by atomic mass is 16.1. The Balaban J connectivity index is 2.56. The van der Waals surface area contributed by atoms with Crippen LogP contribution < -0.4 is 0 Å². The summed E-state index contributed by atoms with van der Waals surface area (Å²) in [7, 11) is 0. The minimum absolute atomic E-state index is 0.185. The van der Waals surface area contributed by atoms with Crippen LogP contribution in [0.25, 0.3) is 16.3 Å². The minimum Gasteiger partial charge on any atom is -0.294 e. The summed E-state index contributed by atoms with van der Waals surface area (Å²) in [5, 5.41) is 2.19. The first-order valence-electron chi connectivity index (χ1n) is 5.00. The van der Waals surface area contributed by atoms with Gasteiger partial charge in [0, 0.05) is 12.0 Å². The fourth-order valence-corrected chi connectivity index (χ4v) is 2.25. The van der Waals surface area contributed by atoms with Crippen molar-refractivity contribution in [1.82, 2.24) is 0 Å². The van der Waals surface area contributed by atoms with Crippen molar-refractivity contribution < 1.29 is 4.79 Å². The van der Waals surface area contributed by atoms with Gasteiger partial charge in [0.15, 0.2) is 5.78 Å². The predicted octanol–water partition coefficient (Wildman–Crippen LogP) is 3.44. The van der Waals surface area contributed by atoms with Gasteiger partial charge >= 0.3 is 0 Å². The van der Waals surface area contributed by atoms with E-state index in [9.17, 15) is 4.79 Å². The van der Waals surface area contributed by atoms with Gasteiger partial charge in [0.05, 0.1) is 0 Å². The molecule has 0 atom stereocenters. The monoisotopic (exact) mass is 194 g/mol. The van der Waals surface area contributed by atoms with Gasteiger partial charge in [0.1, 0.15) is 0 Å². The molecule has 0 fully saturated rings. The first kappa shape index (κ1) is 8.42. The molecule has 0 unspecified atom stereocenters. The van der Waals surface area contributed by atoms with Gasteiger partial charge < -0.3 is 0 Å². The zero-order chi connectivity index (χ0) is 10.4. The number of Topliss-reactive ketones (excluding diaryl/α,β-unsaturated/α-hetero) is 1. The third-order valence-corrected chi connectivity index (χ3v) is 2.96. The Morgan fingerprint density at radius 1 is 1.00 bits per heavy atom. The largest absolute Gasteiger partial charge is 0.294 e. The third-order valence-electron chi connectivity index (χ3n) is 2.96. The third kappa shape index (κ3) is 1.06. The number of hydrogen-bond acceptors (Lipinski definition) is 1. The maximum atomic E-state index is 11.8. The molecule has 0 saturated heterocycles. The Kier molecular flexibility index (Phi) is 1.57. The van der Waals surface area contributed by atoms with Crippen LogP contribution in [0.15, 0.2) is 43.0 Å². The summed E-state index contributed by atoms with van der Waals surface area (Å²) in [6, 6.07) is 12.0. The second kappa shape index (κ2) is 2.80. The summed E-state index contributed by atoms with van der Waals surface area (Å²) in [6.07, 6.45) is 0.454. The summed E-state index contributed by atoms with van der Waals surface area (Å²) in [5.74, 6) is 0.185. The lowest BCUT2D eigenvalue weighted by Crippen LogP contribution is -2.07.